The predicted molar refractivity (Wildman–Crippen MR) is 128 cm³/mol. The number of rotatable bonds is 6. The van der Waals surface area contributed by atoms with Gasteiger partial charge in [0.1, 0.15) is 24.7 Å². The molecule has 0 radical (unpaired) electrons. The first-order valence-electron chi connectivity index (χ1n) is 11.4. The fourth-order valence-electron chi connectivity index (χ4n) is 4.41. The van der Waals surface area contributed by atoms with Crippen molar-refractivity contribution in [3.05, 3.63) is 88.2 Å². The molecule has 3 aromatic rings. The van der Waals surface area contributed by atoms with Crippen LogP contribution in [-0.4, -0.2) is 30.0 Å². The van der Waals surface area contributed by atoms with Gasteiger partial charge in [-0.2, -0.15) is 0 Å². The summed E-state index contributed by atoms with van der Waals surface area (Å²) in [6.45, 7) is 8.77. The van der Waals surface area contributed by atoms with Gasteiger partial charge in [0.25, 0.3) is 0 Å². The van der Waals surface area contributed by atoms with E-state index < -0.39 is 5.97 Å². The van der Waals surface area contributed by atoms with Crippen molar-refractivity contribution >= 4 is 11.8 Å². The van der Waals surface area contributed by atoms with Crippen molar-refractivity contribution in [2.75, 3.05) is 13.2 Å². The molecule has 1 aliphatic rings. The number of esters is 1. The van der Waals surface area contributed by atoms with Crippen LogP contribution in [0.1, 0.15) is 76.3 Å². The van der Waals surface area contributed by atoms with E-state index in [0.29, 0.717) is 29.7 Å². The molecule has 1 aromatic heterocycles. The lowest BCUT2D eigenvalue weighted by molar-refractivity contribution is 0.0443. The number of hydrogen-bond acceptors (Lipinski definition) is 4. The van der Waals surface area contributed by atoms with E-state index in [1.165, 1.54) is 5.56 Å². The molecule has 4 rings (SSSR count). The Labute approximate surface area is 195 Å². The molecule has 0 bridgehead atoms. The van der Waals surface area contributed by atoms with Crippen LogP contribution in [0.2, 0.25) is 0 Å². The smallest absolute Gasteiger partial charge is 0.355 e. The van der Waals surface area contributed by atoms with E-state index in [2.05, 4.69) is 50.0 Å². The van der Waals surface area contributed by atoms with Crippen LogP contribution >= 0.6 is 0 Å². The second-order valence-corrected chi connectivity index (χ2v) is 9.68. The summed E-state index contributed by atoms with van der Waals surface area (Å²) in [6.07, 6.45) is 1.14. The Morgan fingerprint density at radius 3 is 2.36 bits per heavy atom. The van der Waals surface area contributed by atoms with E-state index in [1.807, 2.05) is 37.3 Å². The summed E-state index contributed by atoms with van der Waals surface area (Å²) in [5.41, 5.74) is 5.00. The first-order valence-corrected chi connectivity index (χ1v) is 11.4. The quantitative estimate of drug-likeness (QED) is 0.386. The number of benzene rings is 2. The molecule has 5 heteroatoms. The number of hydrogen-bond donors (Lipinski definition) is 1. The minimum atomic E-state index is -0.461. The fourth-order valence-corrected chi connectivity index (χ4v) is 4.41. The molecule has 172 valence electrons. The van der Waals surface area contributed by atoms with Crippen molar-refractivity contribution in [2.45, 2.75) is 51.9 Å². The van der Waals surface area contributed by atoms with E-state index in [9.17, 15) is 9.59 Å². The summed E-state index contributed by atoms with van der Waals surface area (Å²) in [6, 6.07) is 17.9. The zero-order chi connectivity index (χ0) is 23.6. The van der Waals surface area contributed by atoms with Crippen molar-refractivity contribution in [3.63, 3.8) is 0 Å². The molecule has 0 saturated heterocycles. The number of nitrogens with one attached hydrogen (secondary N) is 1. The summed E-state index contributed by atoms with van der Waals surface area (Å²) >= 11 is 0. The van der Waals surface area contributed by atoms with Gasteiger partial charge in [-0.25, -0.2) is 4.79 Å². The van der Waals surface area contributed by atoms with Gasteiger partial charge in [0.05, 0.1) is 0 Å². The van der Waals surface area contributed by atoms with Gasteiger partial charge >= 0.3 is 5.97 Å². The van der Waals surface area contributed by atoms with Crippen LogP contribution in [0.15, 0.2) is 54.6 Å². The van der Waals surface area contributed by atoms with Gasteiger partial charge < -0.3 is 14.5 Å². The highest BCUT2D eigenvalue weighted by Gasteiger charge is 2.32. The number of carbonyl (C=O) groups is 2. The summed E-state index contributed by atoms with van der Waals surface area (Å²) in [5, 5.41) is 0. The molecule has 1 unspecified atom stereocenters. The van der Waals surface area contributed by atoms with Gasteiger partial charge in [0, 0.05) is 17.7 Å². The molecule has 0 spiro atoms. The zero-order valence-corrected chi connectivity index (χ0v) is 19.7. The Hall–Kier alpha value is -3.34. The molecule has 1 N–H and O–H groups in total. The lowest BCUT2D eigenvalue weighted by Gasteiger charge is -2.24. The van der Waals surface area contributed by atoms with E-state index in [4.69, 9.17) is 9.47 Å². The van der Waals surface area contributed by atoms with Crippen LogP contribution in [0, 0.1) is 6.92 Å². The lowest BCUT2D eigenvalue weighted by Crippen LogP contribution is -2.19. The number of Topliss-reactive ketones (excluding diaryl/α,β-unsaturated/α-hetero) is 1. The molecule has 1 aliphatic carbocycles. The van der Waals surface area contributed by atoms with Crippen LogP contribution in [-0.2, 0) is 16.6 Å². The fraction of sp³-hybridized carbons (Fsp3) is 0.357. The largest absolute Gasteiger partial charge is 0.490 e. The third kappa shape index (κ3) is 5.03. The Morgan fingerprint density at radius 1 is 1.00 bits per heavy atom. The molecule has 2 aromatic carbocycles. The first-order chi connectivity index (χ1) is 15.7. The number of aromatic nitrogens is 1. The number of H-pyrrole nitrogens is 1. The number of aromatic amines is 1. The minimum Gasteiger partial charge on any atom is -0.490 e. The molecule has 1 atom stereocenters. The van der Waals surface area contributed by atoms with Crippen molar-refractivity contribution in [2.24, 2.45) is 0 Å². The maximum atomic E-state index is 13.0. The molecule has 5 nitrogen and oxygen atoms in total. The van der Waals surface area contributed by atoms with Gasteiger partial charge in [-0.05, 0) is 53.5 Å². The Balaban J connectivity index is 1.42. The lowest BCUT2D eigenvalue weighted by atomic mass is 9.80. The van der Waals surface area contributed by atoms with Crippen molar-refractivity contribution in [3.8, 4) is 5.75 Å². The summed E-state index contributed by atoms with van der Waals surface area (Å²) in [7, 11) is 0. The van der Waals surface area contributed by atoms with E-state index in [-0.39, 0.29) is 30.3 Å². The molecule has 33 heavy (non-hydrogen) atoms. The molecular weight excluding hydrogens is 414 g/mol. The number of ether oxygens (including phenoxy) is 2. The number of fused-ring (bicyclic) bond motifs is 1. The van der Waals surface area contributed by atoms with Crippen molar-refractivity contribution in [1.82, 2.24) is 4.98 Å². The second-order valence-electron chi connectivity index (χ2n) is 9.68. The van der Waals surface area contributed by atoms with Gasteiger partial charge in [-0.3, -0.25) is 4.79 Å². The normalized spacial score (nSPS) is 15.8. The van der Waals surface area contributed by atoms with Crippen LogP contribution in [0.3, 0.4) is 0 Å². The second kappa shape index (κ2) is 9.26. The first kappa shape index (κ1) is 22.8. The predicted octanol–water partition coefficient (Wildman–Crippen LogP) is 5.77. The molecule has 0 aliphatic heterocycles. The van der Waals surface area contributed by atoms with Gasteiger partial charge in [0.15, 0.2) is 5.78 Å². The van der Waals surface area contributed by atoms with E-state index >= 15 is 0 Å². The van der Waals surface area contributed by atoms with Crippen LogP contribution in [0.4, 0.5) is 0 Å². The Kier molecular flexibility index (Phi) is 6.41. The van der Waals surface area contributed by atoms with Crippen LogP contribution < -0.4 is 4.74 Å². The monoisotopic (exact) mass is 445 g/mol. The highest BCUT2D eigenvalue weighted by Crippen LogP contribution is 2.36. The van der Waals surface area contributed by atoms with Gasteiger partial charge in [0.2, 0.25) is 0 Å². The minimum absolute atomic E-state index is 0.0707. The van der Waals surface area contributed by atoms with Crippen LogP contribution in [0.5, 0.6) is 5.75 Å². The maximum Gasteiger partial charge on any atom is 0.355 e. The van der Waals surface area contributed by atoms with Crippen LogP contribution in [0.25, 0.3) is 0 Å². The topological polar surface area (TPSA) is 68.4 Å². The Bertz CT molecular complexity index is 1140. The van der Waals surface area contributed by atoms with Gasteiger partial charge in [-0.1, -0.05) is 63.2 Å². The maximum absolute atomic E-state index is 13.0. The van der Waals surface area contributed by atoms with Crippen molar-refractivity contribution < 1.29 is 19.1 Å². The molecule has 0 saturated carbocycles. The zero-order valence-electron chi connectivity index (χ0n) is 19.7. The number of carbonyl (C=O) groups excluding carboxylic acids is 2. The molecule has 1 heterocycles. The third-order valence-corrected chi connectivity index (χ3v) is 6.27. The number of ketones is 1. The summed E-state index contributed by atoms with van der Waals surface area (Å²) < 4.78 is 11.0. The standard InChI is InChI=1S/C28H31NO4/c1-18-25-23(29-26(18)27(31)33-15-14-32-22-8-6-5-7-9-22)16-20(17-24(25)30)19-10-12-21(13-11-19)28(2,3)4/h5-13,20,29H,14-17H2,1-4H3. The van der Waals surface area contributed by atoms with Gasteiger partial charge in [-0.15, -0.1) is 0 Å². The molecule has 0 amide bonds. The molecular formula is C28H31NO4. The van der Waals surface area contributed by atoms with Crippen molar-refractivity contribution in [1.29, 1.82) is 0 Å². The molecule has 0 fully saturated rings. The highest BCUT2D eigenvalue weighted by molar-refractivity contribution is 6.03. The number of para-hydroxylation sites is 1. The average Bonchev–Trinajstić information content (AvgIpc) is 3.13. The summed E-state index contributed by atoms with van der Waals surface area (Å²) in [4.78, 5) is 28.8. The third-order valence-electron chi connectivity index (χ3n) is 6.27. The average molecular weight is 446 g/mol. The summed E-state index contributed by atoms with van der Waals surface area (Å²) in [5.74, 6) is 0.436. The SMILES string of the molecule is Cc1c(C(=O)OCCOc2ccccc2)[nH]c2c1C(=O)CC(c1ccc(C(C)(C)C)cc1)C2. The highest BCUT2D eigenvalue weighted by atomic mass is 16.6. The van der Waals surface area contributed by atoms with E-state index in [0.717, 1.165) is 17.0 Å². The Morgan fingerprint density at radius 2 is 1.70 bits per heavy atom. The van der Waals surface area contributed by atoms with E-state index in [1.54, 1.807) is 0 Å².